The van der Waals surface area contributed by atoms with Crippen LogP contribution in [-0.4, -0.2) is 27.2 Å². The number of fused-ring (bicyclic) bond motifs is 1. The first-order chi connectivity index (χ1) is 10.6. The number of methoxy groups -OCH3 is 2. The van der Waals surface area contributed by atoms with Crippen LogP contribution in [0.15, 0.2) is 42.5 Å². The molecule has 0 bridgehead atoms. The number of anilines is 1. The highest BCUT2D eigenvalue weighted by molar-refractivity contribution is 6.35. The fraction of sp³-hybridized carbons (Fsp3) is 0.167. The summed E-state index contributed by atoms with van der Waals surface area (Å²) in [6, 6.07) is 13.3. The van der Waals surface area contributed by atoms with Crippen molar-refractivity contribution >= 4 is 23.2 Å². The highest BCUT2D eigenvalue weighted by Crippen LogP contribution is 2.37. The van der Waals surface area contributed by atoms with Crippen LogP contribution in [0.4, 0.5) is 5.69 Å². The molecule has 112 valence electrons. The number of para-hydroxylation sites is 1. The van der Waals surface area contributed by atoms with E-state index in [0.29, 0.717) is 17.1 Å². The number of ether oxygens (including phenoxy) is 2. The largest absolute Gasteiger partial charge is 0.497 e. The fourth-order valence-corrected chi connectivity index (χ4v) is 2.62. The van der Waals surface area contributed by atoms with Crippen molar-refractivity contribution in [3.05, 3.63) is 53.6 Å². The lowest BCUT2D eigenvalue weighted by molar-refractivity contribution is -0.112. The van der Waals surface area contributed by atoms with Gasteiger partial charge in [0.25, 0.3) is 5.91 Å². The van der Waals surface area contributed by atoms with Crippen LogP contribution in [0.25, 0.3) is 11.6 Å². The second kappa shape index (κ2) is 5.56. The average molecular weight is 295 g/mol. The van der Waals surface area contributed by atoms with E-state index in [4.69, 9.17) is 9.47 Å². The third-order valence-electron chi connectivity index (χ3n) is 3.78. The molecule has 4 nitrogen and oxygen atoms in total. The third-order valence-corrected chi connectivity index (χ3v) is 3.78. The quantitative estimate of drug-likeness (QED) is 0.816. The van der Waals surface area contributed by atoms with E-state index in [9.17, 15) is 4.79 Å². The Hall–Kier alpha value is -2.75. The summed E-state index contributed by atoms with van der Waals surface area (Å²) in [4.78, 5) is 14.1. The van der Waals surface area contributed by atoms with Crippen LogP contribution >= 0.6 is 0 Å². The van der Waals surface area contributed by atoms with Crippen molar-refractivity contribution in [2.45, 2.75) is 0 Å². The number of carbonyl (C=O) groups excluding carboxylic acids is 1. The van der Waals surface area contributed by atoms with Crippen molar-refractivity contribution < 1.29 is 14.3 Å². The van der Waals surface area contributed by atoms with Crippen molar-refractivity contribution in [1.29, 1.82) is 0 Å². The fourth-order valence-electron chi connectivity index (χ4n) is 2.62. The summed E-state index contributed by atoms with van der Waals surface area (Å²) in [6.45, 7) is 0. The molecule has 0 fully saturated rings. The van der Waals surface area contributed by atoms with Gasteiger partial charge in [0.15, 0.2) is 0 Å². The lowest BCUT2D eigenvalue weighted by atomic mass is 10.0. The Morgan fingerprint density at radius 2 is 1.64 bits per heavy atom. The number of carbonyl (C=O) groups is 1. The van der Waals surface area contributed by atoms with Gasteiger partial charge in [-0.15, -0.1) is 0 Å². The Kier molecular flexibility index (Phi) is 3.59. The van der Waals surface area contributed by atoms with E-state index in [0.717, 1.165) is 16.8 Å². The summed E-state index contributed by atoms with van der Waals surface area (Å²) >= 11 is 0. The van der Waals surface area contributed by atoms with E-state index in [1.54, 1.807) is 32.2 Å². The Balaban J connectivity index is 2.11. The summed E-state index contributed by atoms with van der Waals surface area (Å²) in [5.74, 6) is 1.37. The molecule has 1 heterocycles. The molecule has 2 aromatic rings. The molecule has 0 saturated carbocycles. The molecular weight excluding hydrogens is 278 g/mol. The Morgan fingerprint density at radius 3 is 2.27 bits per heavy atom. The first kappa shape index (κ1) is 14.2. The van der Waals surface area contributed by atoms with Crippen molar-refractivity contribution in [3.63, 3.8) is 0 Å². The van der Waals surface area contributed by atoms with Gasteiger partial charge in [-0.3, -0.25) is 4.79 Å². The van der Waals surface area contributed by atoms with Crippen LogP contribution in [-0.2, 0) is 4.79 Å². The van der Waals surface area contributed by atoms with Gasteiger partial charge >= 0.3 is 0 Å². The zero-order valence-electron chi connectivity index (χ0n) is 12.8. The number of hydrogen-bond acceptors (Lipinski definition) is 3. The predicted octanol–water partition coefficient (Wildman–Crippen LogP) is 3.22. The summed E-state index contributed by atoms with van der Waals surface area (Å²) in [5.41, 5.74) is 3.41. The summed E-state index contributed by atoms with van der Waals surface area (Å²) in [5, 5.41) is 0. The Bertz CT molecular complexity index is 742. The van der Waals surface area contributed by atoms with Crippen LogP contribution in [0.5, 0.6) is 11.5 Å². The number of likely N-dealkylation sites (N-methyl/N-ethyl adjacent to an activating group) is 1. The van der Waals surface area contributed by atoms with Gasteiger partial charge in [0.05, 0.1) is 19.9 Å². The monoisotopic (exact) mass is 295 g/mol. The molecule has 0 atom stereocenters. The minimum Gasteiger partial charge on any atom is -0.497 e. The van der Waals surface area contributed by atoms with Crippen LogP contribution in [0.2, 0.25) is 0 Å². The molecule has 0 unspecified atom stereocenters. The molecule has 0 saturated heterocycles. The molecule has 0 spiro atoms. The van der Waals surface area contributed by atoms with Crippen LogP contribution in [0.3, 0.4) is 0 Å². The van der Waals surface area contributed by atoms with Gasteiger partial charge < -0.3 is 14.4 Å². The molecule has 1 amide bonds. The van der Waals surface area contributed by atoms with Gasteiger partial charge in [-0.25, -0.2) is 0 Å². The second-order valence-corrected chi connectivity index (χ2v) is 5.09. The number of rotatable bonds is 3. The highest BCUT2D eigenvalue weighted by atomic mass is 16.5. The molecule has 22 heavy (non-hydrogen) atoms. The topological polar surface area (TPSA) is 38.8 Å². The average Bonchev–Trinajstić information content (AvgIpc) is 2.80. The number of benzene rings is 2. The smallest absolute Gasteiger partial charge is 0.258 e. The Labute approximate surface area is 129 Å². The maximum absolute atomic E-state index is 12.5. The second-order valence-electron chi connectivity index (χ2n) is 5.09. The molecule has 3 rings (SSSR count). The van der Waals surface area contributed by atoms with Gasteiger partial charge in [0.1, 0.15) is 11.5 Å². The zero-order chi connectivity index (χ0) is 15.7. The van der Waals surface area contributed by atoms with Crippen LogP contribution < -0.4 is 14.4 Å². The summed E-state index contributed by atoms with van der Waals surface area (Å²) < 4.78 is 10.5. The van der Waals surface area contributed by atoms with Crippen molar-refractivity contribution in [2.75, 3.05) is 26.2 Å². The van der Waals surface area contributed by atoms with E-state index in [-0.39, 0.29) is 5.91 Å². The van der Waals surface area contributed by atoms with Crippen LogP contribution in [0.1, 0.15) is 11.1 Å². The van der Waals surface area contributed by atoms with Crippen molar-refractivity contribution in [3.8, 4) is 11.5 Å². The van der Waals surface area contributed by atoms with E-state index in [1.807, 2.05) is 42.5 Å². The van der Waals surface area contributed by atoms with Crippen molar-refractivity contribution in [1.82, 2.24) is 0 Å². The molecule has 0 radical (unpaired) electrons. The standard InChI is InChI=1S/C18H17NO3/c1-19-17-7-5-4-6-15(17)16(18(19)20)10-12-8-13(21-2)11-14(9-12)22-3/h4-11H,1-3H3. The molecule has 2 aromatic carbocycles. The molecule has 4 heteroatoms. The molecular formula is C18H17NO3. The minimum atomic E-state index is -0.0111. The zero-order valence-corrected chi connectivity index (χ0v) is 12.8. The van der Waals surface area contributed by atoms with Gasteiger partial charge in [-0.2, -0.15) is 0 Å². The maximum Gasteiger partial charge on any atom is 0.258 e. The molecule has 0 aliphatic carbocycles. The lowest BCUT2D eigenvalue weighted by Gasteiger charge is -2.08. The summed E-state index contributed by atoms with van der Waals surface area (Å²) in [7, 11) is 5.00. The molecule has 0 N–H and O–H groups in total. The normalized spacial score (nSPS) is 15.1. The molecule has 1 aliphatic rings. The van der Waals surface area contributed by atoms with Crippen LogP contribution in [0, 0.1) is 0 Å². The number of amides is 1. The van der Waals surface area contributed by atoms with E-state index < -0.39 is 0 Å². The SMILES string of the molecule is COc1cc(C=C2C(=O)N(C)c3ccccc32)cc(OC)c1. The van der Waals surface area contributed by atoms with Gasteiger partial charge in [-0.1, -0.05) is 18.2 Å². The molecule has 0 aromatic heterocycles. The minimum absolute atomic E-state index is 0.0111. The lowest BCUT2D eigenvalue weighted by Crippen LogP contribution is -2.20. The van der Waals surface area contributed by atoms with Gasteiger partial charge in [0, 0.05) is 24.3 Å². The first-order valence-corrected chi connectivity index (χ1v) is 6.96. The first-order valence-electron chi connectivity index (χ1n) is 6.96. The van der Waals surface area contributed by atoms with Gasteiger partial charge in [-0.05, 0) is 29.8 Å². The predicted molar refractivity (Wildman–Crippen MR) is 87.3 cm³/mol. The van der Waals surface area contributed by atoms with E-state index >= 15 is 0 Å². The van der Waals surface area contributed by atoms with Gasteiger partial charge in [0.2, 0.25) is 0 Å². The maximum atomic E-state index is 12.5. The number of nitrogens with zero attached hydrogens (tertiary/aromatic N) is 1. The Morgan fingerprint density at radius 1 is 1.00 bits per heavy atom. The number of hydrogen-bond donors (Lipinski definition) is 0. The third kappa shape index (κ3) is 2.33. The van der Waals surface area contributed by atoms with E-state index in [1.165, 1.54) is 0 Å². The molecule has 1 aliphatic heterocycles. The van der Waals surface area contributed by atoms with E-state index in [2.05, 4.69) is 0 Å². The highest BCUT2D eigenvalue weighted by Gasteiger charge is 2.28. The summed E-state index contributed by atoms with van der Waals surface area (Å²) in [6.07, 6.45) is 1.87. The van der Waals surface area contributed by atoms with Crippen molar-refractivity contribution in [2.24, 2.45) is 0 Å².